The van der Waals surface area contributed by atoms with E-state index in [9.17, 15) is 31.5 Å². The van der Waals surface area contributed by atoms with Crippen LogP contribution in [-0.2, 0) is 4.79 Å². The lowest BCUT2D eigenvalue weighted by Gasteiger charge is -2.12. The second kappa shape index (κ2) is 10.0. The SMILES string of the molecule is Cc1c(OC(=O)COc2c(F)c(F)c(F)c(F)c2F)ccc2c1O/C(=C\c1ccc(C(C)C)cc1)C2=O. The number of allylic oxidation sites excluding steroid dienone is 1. The van der Waals surface area contributed by atoms with E-state index in [2.05, 4.69) is 18.6 Å². The van der Waals surface area contributed by atoms with Crippen LogP contribution in [0.25, 0.3) is 6.08 Å². The smallest absolute Gasteiger partial charge is 0.349 e. The fourth-order valence-corrected chi connectivity index (χ4v) is 3.60. The van der Waals surface area contributed by atoms with Gasteiger partial charge in [0, 0.05) is 5.56 Å². The number of carbonyl (C=O) groups is 2. The third-order valence-corrected chi connectivity index (χ3v) is 5.67. The van der Waals surface area contributed by atoms with Gasteiger partial charge in [0.15, 0.2) is 18.1 Å². The molecule has 4 rings (SSSR count). The zero-order chi connectivity index (χ0) is 27.0. The lowest BCUT2D eigenvalue weighted by molar-refractivity contribution is -0.136. The molecule has 3 aromatic carbocycles. The zero-order valence-electron chi connectivity index (χ0n) is 19.8. The molecule has 5 nitrogen and oxygen atoms in total. The van der Waals surface area contributed by atoms with Crippen LogP contribution in [0.3, 0.4) is 0 Å². The Hall–Kier alpha value is -4.21. The summed E-state index contributed by atoms with van der Waals surface area (Å²) in [5.74, 6) is -13.9. The molecule has 0 aliphatic carbocycles. The van der Waals surface area contributed by atoms with Gasteiger partial charge in [-0.15, -0.1) is 0 Å². The molecule has 1 heterocycles. The van der Waals surface area contributed by atoms with Gasteiger partial charge in [-0.2, -0.15) is 8.78 Å². The molecule has 1 aliphatic rings. The Balaban J connectivity index is 1.49. The third kappa shape index (κ3) is 4.91. The Morgan fingerprint density at radius 2 is 1.51 bits per heavy atom. The van der Waals surface area contributed by atoms with E-state index in [0.717, 1.165) is 11.1 Å². The number of esters is 1. The van der Waals surface area contributed by atoms with E-state index in [-0.39, 0.29) is 34.2 Å². The molecule has 37 heavy (non-hydrogen) atoms. The summed E-state index contributed by atoms with van der Waals surface area (Å²) in [6.45, 7) is 4.48. The molecule has 0 saturated carbocycles. The number of ether oxygens (including phenoxy) is 3. The average Bonchev–Trinajstić information content (AvgIpc) is 3.19. The van der Waals surface area contributed by atoms with Crippen molar-refractivity contribution in [1.82, 2.24) is 0 Å². The van der Waals surface area contributed by atoms with Crippen molar-refractivity contribution in [2.45, 2.75) is 26.7 Å². The maximum atomic E-state index is 13.7. The molecule has 0 amide bonds. The molecule has 1 aliphatic heterocycles. The Bertz CT molecular complexity index is 1420. The topological polar surface area (TPSA) is 61.8 Å². The standard InChI is InChI=1S/C27H19F5O5/c1-12(2)15-6-4-14(5-7-15)10-18-25(34)16-8-9-17(13(3)26(16)37-18)36-19(33)11-35-27-23(31)21(29)20(28)22(30)24(27)32/h4-10,12H,11H2,1-3H3/b18-10-. The minimum atomic E-state index is -2.35. The van der Waals surface area contributed by atoms with Crippen LogP contribution in [0.15, 0.2) is 42.2 Å². The fourth-order valence-electron chi connectivity index (χ4n) is 3.60. The Labute approximate surface area is 208 Å². The first kappa shape index (κ1) is 25.9. The Kier molecular flexibility index (Phi) is 7.02. The number of hydrogen-bond acceptors (Lipinski definition) is 5. The van der Waals surface area contributed by atoms with Crippen LogP contribution in [0.5, 0.6) is 17.2 Å². The quantitative estimate of drug-likeness (QED) is 0.0942. The van der Waals surface area contributed by atoms with Crippen molar-refractivity contribution in [2.24, 2.45) is 0 Å². The summed E-state index contributed by atoms with van der Waals surface area (Å²) in [5.41, 5.74) is 2.39. The van der Waals surface area contributed by atoms with Gasteiger partial charge < -0.3 is 14.2 Å². The molecule has 0 saturated heterocycles. The van der Waals surface area contributed by atoms with Crippen molar-refractivity contribution in [3.8, 4) is 17.2 Å². The summed E-state index contributed by atoms with van der Waals surface area (Å²) in [7, 11) is 0. The first-order valence-corrected chi connectivity index (χ1v) is 11.0. The summed E-state index contributed by atoms with van der Waals surface area (Å²) < 4.78 is 82.5. The summed E-state index contributed by atoms with van der Waals surface area (Å²) in [6, 6.07) is 10.3. The number of carbonyl (C=O) groups excluding carboxylic acids is 2. The van der Waals surface area contributed by atoms with Crippen LogP contribution in [0.1, 0.15) is 46.8 Å². The second-order valence-corrected chi connectivity index (χ2v) is 8.49. The predicted molar refractivity (Wildman–Crippen MR) is 122 cm³/mol. The number of rotatable bonds is 6. The van der Waals surface area contributed by atoms with Gasteiger partial charge in [0.25, 0.3) is 0 Å². The molecule has 0 spiro atoms. The first-order chi connectivity index (χ1) is 17.5. The van der Waals surface area contributed by atoms with Crippen LogP contribution >= 0.6 is 0 Å². The normalized spacial score (nSPS) is 13.6. The predicted octanol–water partition coefficient (Wildman–Crippen LogP) is 6.41. The van der Waals surface area contributed by atoms with Gasteiger partial charge in [-0.25, -0.2) is 18.0 Å². The van der Waals surface area contributed by atoms with Crippen molar-refractivity contribution in [2.75, 3.05) is 6.61 Å². The number of fused-ring (bicyclic) bond motifs is 1. The van der Waals surface area contributed by atoms with Crippen molar-refractivity contribution < 1.29 is 45.8 Å². The highest BCUT2D eigenvalue weighted by molar-refractivity contribution is 6.15. The van der Waals surface area contributed by atoms with E-state index < -0.39 is 47.4 Å². The monoisotopic (exact) mass is 518 g/mol. The minimum Gasteiger partial charge on any atom is -0.476 e. The van der Waals surface area contributed by atoms with Gasteiger partial charge >= 0.3 is 5.97 Å². The Morgan fingerprint density at radius 3 is 2.11 bits per heavy atom. The highest BCUT2D eigenvalue weighted by Crippen LogP contribution is 2.39. The fraction of sp³-hybridized carbons (Fsp3) is 0.185. The van der Waals surface area contributed by atoms with Crippen LogP contribution in [0, 0.1) is 36.0 Å². The van der Waals surface area contributed by atoms with Crippen LogP contribution in [0.2, 0.25) is 0 Å². The number of ketones is 1. The van der Waals surface area contributed by atoms with Gasteiger partial charge in [-0.05, 0) is 42.2 Å². The van der Waals surface area contributed by atoms with Gasteiger partial charge in [0.1, 0.15) is 11.5 Å². The molecular formula is C27H19F5O5. The van der Waals surface area contributed by atoms with E-state index in [1.165, 1.54) is 19.1 Å². The molecule has 10 heteroatoms. The van der Waals surface area contributed by atoms with E-state index in [1.54, 1.807) is 6.08 Å². The van der Waals surface area contributed by atoms with E-state index in [1.807, 2.05) is 24.3 Å². The van der Waals surface area contributed by atoms with Gasteiger partial charge in [-0.3, -0.25) is 4.79 Å². The molecule has 0 N–H and O–H groups in total. The van der Waals surface area contributed by atoms with Gasteiger partial charge in [0.05, 0.1) is 5.56 Å². The molecule has 3 aromatic rings. The molecule has 0 fully saturated rings. The van der Waals surface area contributed by atoms with Crippen LogP contribution < -0.4 is 14.2 Å². The molecule has 0 radical (unpaired) electrons. The van der Waals surface area contributed by atoms with E-state index in [0.29, 0.717) is 5.92 Å². The van der Waals surface area contributed by atoms with Crippen LogP contribution in [-0.4, -0.2) is 18.4 Å². The first-order valence-electron chi connectivity index (χ1n) is 11.0. The number of hydrogen-bond donors (Lipinski definition) is 0. The molecule has 0 atom stereocenters. The summed E-state index contributed by atoms with van der Waals surface area (Å²) in [4.78, 5) is 25.0. The number of Topliss-reactive ketones (excluding diaryl/α,β-unsaturated/α-hetero) is 1. The zero-order valence-corrected chi connectivity index (χ0v) is 19.8. The van der Waals surface area contributed by atoms with Crippen molar-refractivity contribution >= 4 is 17.8 Å². The lowest BCUT2D eigenvalue weighted by Crippen LogP contribution is -2.20. The maximum Gasteiger partial charge on any atom is 0.349 e. The van der Waals surface area contributed by atoms with Crippen molar-refractivity contribution in [1.29, 1.82) is 0 Å². The number of halogens is 5. The summed E-state index contributed by atoms with van der Waals surface area (Å²) in [5, 5.41) is 0. The van der Waals surface area contributed by atoms with Crippen molar-refractivity contribution in [3.05, 3.63) is 93.5 Å². The Morgan fingerprint density at radius 1 is 0.919 bits per heavy atom. The van der Waals surface area contributed by atoms with Gasteiger partial charge in [-0.1, -0.05) is 38.1 Å². The van der Waals surface area contributed by atoms with E-state index in [4.69, 9.17) is 9.47 Å². The van der Waals surface area contributed by atoms with Crippen LogP contribution in [0.4, 0.5) is 22.0 Å². The summed E-state index contributed by atoms with van der Waals surface area (Å²) >= 11 is 0. The van der Waals surface area contributed by atoms with Crippen molar-refractivity contribution in [3.63, 3.8) is 0 Å². The molecule has 192 valence electrons. The molecule has 0 bridgehead atoms. The molecular weight excluding hydrogens is 499 g/mol. The summed E-state index contributed by atoms with van der Waals surface area (Å²) in [6.07, 6.45) is 1.58. The van der Waals surface area contributed by atoms with Gasteiger partial charge in [0.2, 0.25) is 34.9 Å². The second-order valence-electron chi connectivity index (χ2n) is 8.49. The average molecular weight is 518 g/mol. The lowest BCUT2D eigenvalue weighted by atomic mass is 10.0. The largest absolute Gasteiger partial charge is 0.476 e. The highest BCUT2D eigenvalue weighted by Gasteiger charge is 2.31. The maximum absolute atomic E-state index is 13.7. The third-order valence-electron chi connectivity index (χ3n) is 5.67. The van der Waals surface area contributed by atoms with E-state index >= 15 is 0 Å². The minimum absolute atomic E-state index is 0.0555. The number of benzene rings is 3. The highest BCUT2D eigenvalue weighted by atomic mass is 19.2. The molecule has 0 aromatic heterocycles. The molecule has 0 unspecified atom stereocenters.